The molecule has 4 aliphatic rings. The second kappa shape index (κ2) is 28.5. The third-order valence-electron chi connectivity index (χ3n) is 11.2. The van der Waals surface area contributed by atoms with Gasteiger partial charge in [0.25, 0.3) is 5.09 Å². The summed E-state index contributed by atoms with van der Waals surface area (Å²) in [6.45, 7) is 10.4. The van der Waals surface area contributed by atoms with Crippen LogP contribution in [-0.2, 0) is 133 Å². The van der Waals surface area contributed by atoms with E-state index in [2.05, 4.69) is 10.0 Å². The molecule has 0 aromatic carbocycles. The fourth-order valence-electron chi connectivity index (χ4n) is 8.65. The first-order valence-electron chi connectivity index (χ1n) is 23.6. The molecule has 10 unspecified atom stereocenters. The molecule has 4 saturated heterocycles. The van der Waals surface area contributed by atoms with E-state index < -0.39 is 201 Å². The first kappa shape index (κ1) is 63.5. The minimum Gasteiger partial charge on any atom is -0.463 e. The maximum absolute atomic E-state index is 13.1. The number of hydrogen-bond acceptors (Lipinski definition) is 31. The number of carbonyl (C=O) groups is 10. The van der Waals surface area contributed by atoms with E-state index in [-0.39, 0.29) is 0 Å². The van der Waals surface area contributed by atoms with Gasteiger partial charge in [-0.25, -0.2) is 0 Å². The molecule has 4 rings (SSSR count). The van der Waals surface area contributed by atoms with Crippen LogP contribution in [0.4, 0.5) is 0 Å². The van der Waals surface area contributed by atoms with Crippen LogP contribution in [0, 0.1) is 10.1 Å². The van der Waals surface area contributed by atoms with Gasteiger partial charge in [-0.15, -0.1) is 10.1 Å². The summed E-state index contributed by atoms with van der Waals surface area (Å²) in [6, 6.07) is -2.16. The summed E-state index contributed by atoms with van der Waals surface area (Å²) >= 11 is 0. The van der Waals surface area contributed by atoms with Gasteiger partial charge in [-0.3, -0.25) is 52.8 Å². The van der Waals surface area contributed by atoms with Crippen molar-refractivity contribution in [3.63, 3.8) is 0 Å². The monoisotopic (exact) mass is 1120 g/mol. The third kappa shape index (κ3) is 17.7. The lowest BCUT2D eigenvalue weighted by Gasteiger charge is -2.51. The van der Waals surface area contributed by atoms with Crippen LogP contribution in [0.15, 0.2) is 5.11 Å². The Labute approximate surface area is 442 Å². The molecular weight excluding hydrogens is 1060 g/mol. The molecule has 20 atom stereocenters. The molecule has 4 aliphatic heterocycles. The number of rotatable bonds is 21. The summed E-state index contributed by atoms with van der Waals surface area (Å²) in [5.74, 6) is -10.0. The molecule has 0 saturated carbocycles. The van der Waals surface area contributed by atoms with Gasteiger partial charge in [0.05, 0.1) is 12.2 Å². The molecule has 0 bridgehead atoms. The summed E-state index contributed by atoms with van der Waals surface area (Å²) < 4.78 is 98.7. The van der Waals surface area contributed by atoms with Gasteiger partial charge in [0.1, 0.15) is 43.7 Å². The first-order chi connectivity index (χ1) is 36.5. The largest absolute Gasteiger partial charge is 0.463 e. The Kier molecular flexibility index (Phi) is 23.2. The molecular formula is C44H60N4O30. The zero-order valence-electron chi connectivity index (χ0n) is 44.0. The van der Waals surface area contributed by atoms with Crippen LogP contribution in [0.1, 0.15) is 83.1 Å². The van der Waals surface area contributed by atoms with Crippen LogP contribution in [-0.4, -0.2) is 201 Å². The van der Waals surface area contributed by atoms with Gasteiger partial charge in [0.15, 0.2) is 73.8 Å². The van der Waals surface area contributed by atoms with Crippen molar-refractivity contribution in [2.24, 2.45) is 5.11 Å². The van der Waals surface area contributed by atoms with Gasteiger partial charge in [-0.2, -0.15) is 0 Å². The van der Waals surface area contributed by atoms with Crippen molar-refractivity contribution < 1.29 is 138 Å². The fraction of sp³-hybridized carbons (Fsp3) is 0.773. The smallest absolute Gasteiger partial charge is 0.303 e. The van der Waals surface area contributed by atoms with Crippen molar-refractivity contribution >= 4 is 59.7 Å². The summed E-state index contributed by atoms with van der Waals surface area (Å²) in [6.07, 6.45) is -35.8. The Morgan fingerprint density at radius 3 is 1.10 bits per heavy atom. The van der Waals surface area contributed by atoms with E-state index >= 15 is 0 Å². The topological polar surface area (TPSA) is 429 Å². The molecule has 0 radical (unpaired) electrons. The highest BCUT2D eigenvalue weighted by Gasteiger charge is 2.61. The molecule has 0 aromatic rings. The molecule has 4 heterocycles. The molecule has 34 nitrogen and oxygen atoms in total. The van der Waals surface area contributed by atoms with Crippen molar-refractivity contribution in [1.29, 1.82) is 0 Å². The number of carbonyl (C=O) groups excluding carboxylic acids is 10. The third-order valence-corrected chi connectivity index (χ3v) is 11.2. The zero-order valence-corrected chi connectivity index (χ0v) is 44.0. The van der Waals surface area contributed by atoms with Crippen LogP contribution in [0.25, 0.3) is 10.4 Å². The van der Waals surface area contributed by atoms with E-state index in [1.165, 1.54) is 13.8 Å². The van der Waals surface area contributed by atoms with Crippen LogP contribution in [0.3, 0.4) is 0 Å². The van der Waals surface area contributed by atoms with Crippen molar-refractivity contribution in [1.82, 2.24) is 0 Å². The molecule has 0 amide bonds. The average Bonchev–Trinajstić information content (AvgIpc) is 3.29. The average molecular weight is 1120 g/mol. The van der Waals surface area contributed by atoms with E-state index in [1.54, 1.807) is 0 Å². The maximum Gasteiger partial charge on any atom is 0.303 e. The maximum atomic E-state index is 13.1. The molecule has 0 aliphatic carbocycles. The van der Waals surface area contributed by atoms with Gasteiger partial charge in [0, 0.05) is 74.1 Å². The Morgan fingerprint density at radius 1 is 0.423 bits per heavy atom. The number of azide groups is 1. The van der Waals surface area contributed by atoms with Crippen molar-refractivity contribution in [2.75, 3.05) is 13.2 Å². The summed E-state index contributed by atoms with van der Waals surface area (Å²) in [5, 5.41) is 14.3. The lowest BCUT2D eigenvalue weighted by atomic mass is 9.94. The number of hydrogen-bond donors (Lipinski definition) is 0. The van der Waals surface area contributed by atoms with Gasteiger partial charge in [-0.05, 0) is 19.4 Å². The predicted octanol–water partition coefficient (Wildman–Crippen LogP) is -0.452. The molecule has 0 spiro atoms. The second-order valence-electron chi connectivity index (χ2n) is 17.5. The quantitative estimate of drug-likeness (QED) is 0.0267. The van der Waals surface area contributed by atoms with Crippen molar-refractivity contribution in [3.05, 3.63) is 20.6 Å². The number of ether oxygens (including phenoxy) is 17. The minimum atomic E-state index is -2.32. The summed E-state index contributed by atoms with van der Waals surface area (Å²) in [4.78, 5) is 146. The summed E-state index contributed by atoms with van der Waals surface area (Å²) in [5.41, 5.74) is 9.97. The van der Waals surface area contributed by atoms with E-state index in [4.69, 9.17) is 85.4 Å². The summed E-state index contributed by atoms with van der Waals surface area (Å²) in [7, 11) is 0. The molecule has 4 fully saturated rings. The molecule has 0 N–H and O–H groups in total. The normalized spacial score (nSPS) is 34.3. The number of esters is 10. The highest BCUT2D eigenvalue weighted by atomic mass is 17.0. The van der Waals surface area contributed by atoms with Gasteiger partial charge >= 0.3 is 59.7 Å². The Bertz CT molecular complexity index is 2280. The SMILES string of the molecule is CC(=O)OCC1OC(O[N+](=O)[O-])C(N=[N+]=[N-])[C@@H](O[C@@H]2OC(C)[C@@H](OC(C)=O)C(OC(C)=O)[C@H]2OC(C)=O)[C@@H]1O[C@@H]1OC(COC(C)=O)[C@H](OC(C)=O)[C@H](OC(C)=O)C1OC1OC(C)[C@@H](OC(C)=O)C(OC(C)=O)[C@H]1OC(C)=O. The molecule has 78 heavy (non-hydrogen) atoms. The van der Waals surface area contributed by atoms with Crippen LogP contribution < -0.4 is 0 Å². The lowest BCUT2D eigenvalue weighted by Crippen LogP contribution is -2.69. The second-order valence-corrected chi connectivity index (χ2v) is 17.5. The Morgan fingerprint density at radius 2 is 0.731 bits per heavy atom. The lowest BCUT2D eigenvalue weighted by molar-refractivity contribution is -0.783. The highest BCUT2D eigenvalue weighted by Crippen LogP contribution is 2.40. The van der Waals surface area contributed by atoms with E-state index in [0.29, 0.717) is 0 Å². The molecule has 34 heteroatoms. The van der Waals surface area contributed by atoms with E-state index in [0.717, 1.165) is 69.2 Å². The van der Waals surface area contributed by atoms with Crippen LogP contribution in [0.2, 0.25) is 0 Å². The molecule has 436 valence electrons. The minimum absolute atomic E-state index is 0.833. The van der Waals surface area contributed by atoms with Crippen molar-refractivity contribution in [2.45, 2.75) is 206 Å². The standard InChI is InChI=1S/C44H60N4O30/c1-15-30(65-19(5)51)35(68-22(8)54)38(71-25(11)57)42(63-15)76-34-29(46-47-45)41(78-48(59)60)73-27(13-61-17(3)49)32(34)75-44-40(37(70-24(10)56)33(67-21(7)53)28(74-44)14-62-18(4)50)77-43-39(72-26(12)58)36(69-23(9)55)31(16(2)64-43)66-20(6)52/h15-16,27-44H,13-14H2,1-12H3/t15?,16?,27?,28?,29?,30-,31-,32-,33+,34-,35?,36?,37+,38-,39-,40?,41?,42+,43?,44+/m1/s1. The Balaban J connectivity index is 2.07. The first-order valence-corrected chi connectivity index (χ1v) is 23.6. The number of nitrogens with zero attached hydrogens (tertiary/aromatic N) is 4. The van der Waals surface area contributed by atoms with Crippen molar-refractivity contribution in [3.8, 4) is 0 Å². The molecule has 0 aromatic heterocycles. The van der Waals surface area contributed by atoms with Gasteiger partial charge in [0.2, 0.25) is 6.29 Å². The fourth-order valence-corrected chi connectivity index (χ4v) is 8.65. The highest BCUT2D eigenvalue weighted by molar-refractivity contribution is 5.70. The zero-order chi connectivity index (χ0) is 58.5. The van der Waals surface area contributed by atoms with E-state index in [1.807, 2.05) is 0 Å². The van der Waals surface area contributed by atoms with Crippen LogP contribution >= 0.6 is 0 Å². The van der Waals surface area contributed by atoms with Crippen LogP contribution in [0.5, 0.6) is 0 Å². The predicted molar refractivity (Wildman–Crippen MR) is 239 cm³/mol. The van der Waals surface area contributed by atoms with E-state index in [9.17, 15) is 63.6 Å². The van der Waals surface area contributed by atoms with Gasteiger partial charge in [-0.1, -0.05) is 5.11 Å². The van der Waals surface area contributed by atoms with Gasteiger partial charge < -0.3 is 80.5 Å². The Hall–Kier alpha value is -7.07.